The molecule has 1 N–H and O–H groups in total. The second-order valence-electron chi connectivity index (χ2n) is 5.78. The van der Waals surface area contributed by atoms with Gasteiger partial charge in [-0.2, -0.15) is 0 Å². The molecule has 0 saturated carbocycles. The van der Waals surface area contributed by atoms with Gasteiger partial charge in [0.25, 0.3) is 0 Å². The average molecular weight is 378 g/mol. The number of hydrogen-bond donors (Lipinski definition) is 1. The van der Waals surface area contributed by atoms with Gasteiger partial charge in [0.05, 0.1) is 10.9 Å². The molecule has 1 aromatic heterocycles. The zero-order valence-corrected chi connectivity index (χ0v) is 15.5. The standard InChI is InChI=1S/C19H20ClNO3S/c1-13(14-4-6-15(20)7-5-14)21-19(24)11-9-16(22)8-10-17(23)18-3-2-12-25-18/h2-7,12-13H,8-11H2,1H3,(H,21,24)/t13-/m1/s1. The maximum Gasteiger partial charge on any atom is 0.220 e. The molecule has 25 heavy (non-hydrogen) atoms. The molecular weight excluding hydrogens is 358 g/mol. The molecule has 6 heteroatoms. The Kier molecular flexibility index (Phi) is 7.34. The Bertz CT molecular complexity index is 726. The van der Waals surface area contributed by atoms with Gasteiger partial charge in [-0.15, -0.1) is 11.3 Å². The zero-order chi connectivity index (χ0) is 18.2. The lowest BCUT2D eigenvalue weighted by molar-refractivity contribution is -0.125. The van der Waals surface area contributed by atoms with Crippen molar-refractivity contribution in [2.45, 2.75) is 38.6 Å². The number of nitrogens with one attached hydrogen (secondary N) is 1. The molecule has 0 aliphatic carbocycles. The Morgan fingerprint density at radius 3 is 2.36 bits per heavy atom. The van der Waals surface area contributed by atoms with Crippen LogP contribution in [0.15, 0.2) is 41.8 Å². The lowest BCUT2D eigenvalue weighted by Gasteiger charge is -2.14. The summed E-state index contributed by atoms with van der Waals surface area (Å²) in [5.74, 6) is -0.274. The number of ketones is 2. The highest BCUT2D eigenvalue weighted by atomic mass is 35.5. The van der Waals surface area contributed by atoms with E-state index in [0.717, 1.165) is 5.56 Å². The fraction of sp³-hybridized carbons (Fsp3) is 0.316. The summed E-state index contributed by atoms with van der Waals surface area (Å²) < 4.78 is 0. The molecule has 1 aromatic carbocycles. The lowest BCUT2D eigenvalue weighted by atomic mass is 10.1. The molecule has 2 aromatic rings. The van der Waals surface area contributed by atoms with Gasteiger partial charge in [0.2, 0.25) is 5.91 Å². The van der Waals surface area contributed by atoms with E-state index in [2.05, 4.69) is 5.32 Å². The summed E-state index contributed by atoms with van der Waals surface area (Å²) in [4.78, 5) is 36.4. The molecule has 0 unspecified atom stereocenters. The number of hydrogen-bond acceptors (Lipinski definition) is 4. The minimum Gasteiger partial charge on any atom is -0.350 e. The number of carbonyl (C=O) groups is 3. The second kappa shape index (κ2) is 9.49. The van der Waals surface area contributed by atoms with Gasteiger partial charge >= 0.3 is 0 Å². The predicted octanol–water partition coefficient (Wildman–Crippen LogP) is 4.59. The molecule has 1 amide bonds. The number of rotatable bonds is 9. The van der Waals surface area contributed by atoms with E-state index < -0.39 is 0 Å². The van der Waals surface area contributed by atoms with Gasteiger partial charge in [0, 0.05) is 30.7 Å². The summed E-state index contributed by atoms with van der Waals surface area (Å²) in [6, 6.07) is 10.7. The second-order valence-corrected chi connectivity index (χ2v) is 7.16. The van der Waals surface area contributed by atoms with Crippen LogP contribution in [-0.2, 0) is 9.59 Å². The Balaban J connectivity index is 1.69. The van der Waals surface area contributed by atoms with Crippen LogP contribution in [0.3, 0.4) is 0 Å². The summed E-state index contributed by atoms with van der Waals surface area (Å²) in [6.07, 6.45) is 0.653. The van der Waals surface area contributed by atoms with E-state index in [1.54, 1.807) is 18.2 Å². The minimum absolute atomic E-state index is 0.0239. The molecule has 0 aliphatic heterocycles. The number of benzene rings is 1. The highest BCUT2D eigenvalue weighted by Crippen LogP contribution is 2.16. The van der Waals surface area contributed by atoms with Crippen LogP contribution in [0, 0.1) is 0 Å². The summed E-state index contributed by atoms with van der Waals surface area (Å²) >= 11 is 7.22. The molecule has 1 atom stereocenters. The van der Waals surface area contributed by atoms with Crippen LogP contribution in [0.1, 0.15) is 53.9 Å². The smallest absolute Gasteiger partial charge is 0.220 e. The summed E-state index contributed by atoms with van der Waals surface area (Å²) in [7, 11) is 0. The molecule has 1 heterocycles. The van der Waals surface area contributed by atoms with Crippen molar-refractivity contribution in [2.24, 2.45) is 0 Å². The molecule has 0 spiro atoms. The molecule has 2 rings (SSSR count). The lowest BCUT2D eigenvalue weighted by Crippen LogP contribution is -2.26. The first-order valence-electron chi connectivity index (χ1n) is 8.09. The van der Waals surface area contributed by atoms with E-state index in [9.17, 15) is 14.4 Å². The first-order chi connectivity index (χ1) is 12.0. The zero-order valence-electron chi connectivity index (χ0n) is 14.0. The molecule has 0 bridgehead atoms. The van der Waals surface area contributed by atoms with Gasteiger partial charge in [0.15, 0.2) is 5.78 Å². The van der Waals surface area contributed by atoms with E-state index in [-0.39, 0.29) is 49.2 Å². The molecule has 132 valence electrons. The van der Waals surface area contributed by atoms with Crippen LogP contribution in [-0.4, -0.2) is 17.5 Å². The average Bonchev–Trinajstić information content (AvgIpc) is 3.13. The van der Waals surface area contributed by atoms with E-state index in [0.29, 0.717) is 9.90 Å². The third-order valence-electron chi connectivity index (χ3n) is 3.81. The Labute approximate surface area is 156 Å². The number of carbonyl (C=O) groups excluding carboxylic acids is 3. The number of Topliss-reactive ketones (excluding diaryl/α,β-unsaturated/α-hetero) is 2. The van der Waals surface area contributed by atoms with Crippen molar-refractivity contribution in [3.8, 4) is 0 Å². The van der Waals surface area contributed by atoms with E-state index >= 15 is 0 Å². The Morgan fingerprint density at radius 1 is 1.04 bits per heavy atom. The van der Waals surface area contributed by atoms with Crippen LogP contribution < -0.4 is 5.32 Å². The summed E-state index contributed by atoms with van der Waals surface area (Å²) in [5, 5.41) is 5.34. The van der Waals surface area contributed by atoms with Crippen molar-refractivity contribution >= 4 is 40.4 Å². The molecule has 0 aliphatic rings. The van der Waals surface area contributed by atoms with Gasteiger partial charge in [-0.25, -0.2) is 0 Å². The molecular formula is C19H20ClNO3S. The van der Waals surface area contributed by atoms with Crippen molar-refractivity contribution < 1.29 is 14.4 Å². The molecule has 0 fully saturated rings. The third-order valence-corrected chi connectivity index (χ3v) is 4.97. The van der Waals surface area contributed by atoms with Crippen molar-refractivity contribution in [3.05, 3.63) is 57.2 Å². The maximum atomic E-state index is 12.0. The Morgan fingerprint density at radius 2 is 1.72 bits per heavy atom. The third kappa shape index (κ3) is 6.44. The normalized spacial score (nSPS) is 11.8. The van der Waals surface area contributed by atoms with Crippen molar-refractivity contribution in [2.75, 3.05) is 0 Å². The van der Waals surface area contributed by atoms with Crippen molar-refractivity contribution in [1.82, 2.24) is 5.32 Å². The van der Waals surface area contributed by atoms with E-state index in [1.165, 1.54) is 11.3 Å². The van der Waals surface area contributed by atoms with E-state index in [1.807, 2.05) is 30.5 Å². The first-order valence-corrected chi connectivity index (χ1v) is 9.34. The number of halogens is 1. The topological polar surface area (TPSA) is 63.2 Å². The monoisotopic (exact) mass is 377 g/mol. The van der Waals surface area contributed by atoms with Gasteiger partial charge < -0.3 is 5.32 Å². The number of amides is 1. The van der Waals surface area contributed by atoms with E-state index in [4.69, 9.17) is 11.6 Å². The molecule has 0 saturated heterocycles. The highest BCUT2D eigenvalue weighted by molar-refractivity contribution is 7.12. The fourth-order valence-corrected chi connectivity index (χ4v) is 3.16. The van der Waals surface area contributed by atoms with Crippen LogP contribution in [0.2, 0.25) is 5.02 Å². The van der Waals surface area contributed by atoms with Crippen molar-refractivity contribution in [3.63, 3.8) is 0 Å². The Hall–Kier alpha value is -1.98. The van der Waals surface area contributed by atoms with Crippen LogP contribution in [0.4, 0.5) is 0 Å². The SMILES string of the molecule is C[C@@H](NC(=O)CCC(=O)CCC(=O)c1cccs1)c1ccc(Cl)cc1. The van der Waals surface area contributed by atoms with Crippen LogP contribution >= 0.6 is 22.9 Å². The maximum absolute atomic E-state index is 12.0. The highest BCUT2D eigenvalue weighted by Gasteiger charge is 2.13. The van der Waals surface area contributed by atoms with Crippen LogP contribution in [0.5, 0.6) is 0 Å². The van der Waals surface area contributed by atoms with Gasteiger partial charge in [-0.05, 0) is 36.1 Å². The van der Waals surface area contributed by atoms with Crippen LogP contribution in [0.25, 0.3) is 0 Å². The fourth-order valence-electron chi connectivity index (χ4n) is 2.34. The van der Waals surface area contributed by atoms with Gasteiger partial charge in [-0.3, -0.25) is 14.4 Å². The molecule has 0 radical (unpaired) electrons. The summed E-state index contributed by atoms with van der Waals surface area (Å²) in [6.45, 7) is 1.88. The molecule has 4 nitrogen and oxygen atoms in total. The van der Waals surface area contributed by atoms with Gasteiger partial charge in [0.1, 0.15) is 5.78 Å². The predicted molar refractivity (Wildman–Crippen MR) is 100 cm³/mol. The number of thiophene rings is 1. The first kappa shape index (κ1) is 19.3. The summed E-state index contributed by atoms with van der Waals surface area (Å²) in [5.41, 5.74) is 0.950. The van der Waals surface area contributed by atoms with Gasteiger partial charge in [-0.1, -0.05) is 29.8 Å². The largest absolute Gasteiger partial charge is 0.350 e. The quantitative estimate of drug-likeness (QED) is 0.650. The van der Waals surface area contributed by atoms with Crippen molar-refractivity contribution in [1.29, 1.82) is 0 Å². The minimum atomic E-state index is -0.180.